The number of piperidine rings is 4. The van der Waals surface area contributed by atoms with Gasteiger partial charge in [0.05, 0.1) is 31.2 Å². The van der Waals surface area contributed by atoms with Gasteiger partial charge in [-0.15, -0.1) is 12.8 Å². The van der Waals surface area contributed by atoms with Gasteiger partial charge < -0.3 is 13.9 Å². The molecule has 5 aliphatic rings. The Morgan fingerprint density at radius 1 is 0.947 bits per heavy atom. The van der Waals surface area contributed by atoms with Crippen molar-refractivity contribution in [2.75, 3.05) is 18.8 Å². The number of nitrogens with zero attached hydrogens (tertiary/aromatic N) is 2. The van der Waals surface area contributed by atoms with Crippen molar-refractivity contribution in [1.82, 2.24) is 9.80 Å². The minimum absolute atomic E-state index is 0.182. The molecule has 206 valence electrons. The molecule has 6 heteroatoms. The van der Waals surface area contributed by atoms with Gasteiger partial charge in [0.2, 0.25) is 0 Å². The Balaban J connectivity index is 0.00000129. The first kappa shape index (κ1) is 26.6. The van der Waals surface area contributed by atoms with Gasteiger partial charge in [-0.1, -0.05) is 6.92 Å². The maximum absolute atomic E-state index is 11.7. The fourth-order valence-corrected chi connectivity index (χ4v) is 11.0. The van der Waals surface area contributed by atoms with Gasteiger partial charge in [0.25, 0.3) is 0 Å². The van der Waals surface area contributed by atoms with Crippen molar-refractivity contribution in [3.05, 3.63) is 48.3 Å². The van der Waals surface area contributed by atoms with Crippen molar-refractivity contribution >= 4 is 11.8 Å². The molecule has 0 bridgehead atoms. The summed E-state index contributed by atoms with van der Waals surface area (Å²) >= 11 is 2.20. The van der Waals surface area contributed by atoms with E-state index in [2.05, 4.69) is 60.4 Å². The van der Waals surface area contributed by atoms with Crippen molar-refractivity contribution in [1.29, 1.82) is 0 Å². The monoisotopic (exact) mass is 536 g/mol. The second-order valence-electron chi connectivity index (χ2n) is 13.1. The van der Waals surface area contributed by atoms with Gasteiger partial charge in [-0.3, -0.25) is 9.80 Å². The molecule has 38 heavy (non-hydrogen) atoms. The summed E-state index contributed by atoms with van der Waals surface area (Å²) in [6.07, 6.45) is 25.0. The van der Waals surface area contributed by atoms with Crippen LogP contribution in [0.1, 0.15) is 88.3 Å². The molecule has 2 aromatic heterocycles. The van der Waals surface area contributed by atoms with E-state index in [1.165, 1.54) is 61.9 Å². The van der Waals surface area contributed by atoms with Gasteiger partial charge in [0, 0.05) is 59.2 Å². The molecule has 1 N–H and O–H groups in total. The van der Waals surface area contributed by atoms with Crippen LogP contribution in [0.3, 0.4) is 0 Å². The van der Waals surface area contributed by atoms with E-state index in [4.69, 9.17) is 8.83 Å². The molecule has 0 aromatic carbocycles. The number of hydrogen-bond donors (Lipinski definition) is 1. The zero-order valence-corrected chi connectivity index (χ0v) is 23.8. The average Bonchev–Trinajstić information content (AvgIpc) is 3.70. The summed E-state index contributed by atoms with van der Waals surface area (Å²) in [6.45, 7) is 7.19. The molecule has 0 aliphatic carbocycles. The number of furan rings is 2. The molecule has 5 nitrogen and oxygen atoms in total. The van der Waals surface area contributed by atoms with Crippen molar-refractivity contribution in [3.63, 3.8) is 0 Å². The predicted molar refractivity (Wildman–Crippen MR) is 153 cm³/mol. The summed E-state index contributed by atoms with van der Waals surface area (Å²) < 4.78 is 11.2. The van der Waals surface area contributed by atoms with E-state index in [1.807, 2.05) is 18.8 Å². The number of rotatable bonds is 2. The number of terminal acetylenes is 1. The average molecular weight is 537 g/mol. The zero-order chi connectivity index (χ0) is 26.5. The van der Waals surface area contributed by atoms with Crippen molar-refractivity contribution in [3.8, 4) is 12.8 Å². The maximum atomic E-state index is 11.7. The lowest BCUT2D eigenvalue weighted by atomic mass is 9.66. The summed E-state index contributed by atoms with van der Waals surface area (Å²) in [5.74, 6) is 2.40. The Hall–Kier alpha value is -1.65. The third-order valence-corrected chi connectivity index (χ3v) is 12.7. The molecule has 5 aliphatic heterocycles. The number of aliphatic hydroxyl groups is 1. The summed E-state index contributed by atoms with van der Waals surface area (Å²) in [7, 11) is 0. The van der Waals surface area contributed by atoms with E-state index in [1.54, 1.807) is 6.26 Å². The SMILES string of the molecule is C#C.C[C@@H]1CC[C@@H](c2ccoc2)N2C[C@@]3(CC[C@@H]12)CS[C@@]1(C[C@@H](O)C2[C@H](c4ccoc4)CC[C@@H](C)N2C1)C3. The molecule has 2 spiro atoms. The smallest absolute Gasteiger partial charge is 0.0950 e. The molecule has 9 atom stereocenters. The van der Waals surface area contributed by atoms with E-state index in [0.29, 0.717) is 29.5 Å². The van der Waals surface area contributed by atoms with Crippen LogP contribution in [0, 0.1) is 24.2 Å². The number of thioether (sulfide) groups is 1. The lowest BCUT2D eigenvalue weighted by Crippen LogP contribution is -2.64. The molecule has 7 heterocycles. The topological polar surface area (TPSA) is 53.0 Å². The third-order valence-electron chi connectivity index (χ3n) is 10.9. The minimum Gasteiger partial charge on any atom is -0.472 e. The van der Waals surface area contributed by atoms with E-state index >= 15 is 0 Å². The van der Waals surface area contributed by atoms with Gasteiger partial charge in [-0.05, 0) is 87.3 Å². The number of hydrogen-bond acceptors (Lipinski definition) is 6. The molecule has 5 fully saturated rings. The lowest BCUT2D eigenvalue weighted by Gasteiger charge is -2.56. The first-order valence-corrected chi connectivity index (χ1v) is 15.7. The van der Waals surface area contributed by atoms with Crippen LogP contribution in [-0.2, 0) is 0 Å². The first-order valence-electron chi connectivity index (χ1n) is 14.7. The Labute approximate surface area is 232 Å². The molecule has 2 aromatic rings. The predicted octanol–water partition coefficient (Wildman–Crippen LogP) is 6.32. The van der Waals surface area contributed by atoms with Crippen LogP contribution in [-0.4, -0.2) is 62.7 Å². The molecule has 0 amide bonds. The third kappa shape index (κ3) is 4.48. The van der Waals surface area contributed by atoms with E-state index < -0.39 is 0 Å². The fourth-order valence-electron chi connectivity index (χ4n) is 9.13. The van der Waals surface area contributed by atoms with Crippen molar-refractivity contribution in [2.45, 2.75) is 106 Å². The van der Waals surface area contributed by atoms with Crippen LogP contribution >= 0.6 is 11.8 Å². The largest absolute Gasteiger partial charge is 0.472 e. The number of fused-ring (bicyclic) bond motifs is 2. The molecular weight excluding hydrogens is 492 g/mol. The van der Waals surface area contributed by atoms with Crippen molar-refractivity contribution in [2.24, 2.45) is 11.3 Å². The highest BCUT2D eigenvalue weighted by Crippen LogP contribution is 2.60. The van der Waals surface area contributed by atoms with E-state index in [-0.39, 0.29) is 16.9 Å². The zero-order valence-electron chi connectivity index (χ0n) is 23.0. The summed E-state index contributed by atoms with van der Waals surface area (Å²) in [6, 6.07) is 6.26. The Morgan fingerprint density at radius 2 is 1.71 bits per heavy atom. The lowest BCUT2D eigenvalue weighted by molar-refractivity contribution is -0.0710. The minimum atomic E-state index is -0.269. The molecule has 0 radical (unpaired) electrons. The molecule has 5 saturated heterocycles. The second-order valence-corrected chi connectivity index (χ2v) is 14.5. The highest BCUT2D eigenvalue weighted by atomic mass is 32.2. The summed E-state index contributed by atoms with van der Waals surface area (Å²) in [5, 5.41) is 11.7. The van der Waals surface area contributed by atoms with Gasteiger partial charge in [-0.2, -0.15) is 11.8 Å². The standard InChI is InChI=1S/C30H42N2O3S.C2H2/c1-20-3-6-26(23-9-12-35-15-23)32-17-29(10-7-25(20)32)16-30(36-19-29)13-27(33)28-24(22-8-11-34-14-22)5-4-21(2)31(28)18-30;1-2/h8-9,11-12,14-15,20-21,24-28,33H,3-7,10,13,16-19H2,1-2H3;1-2H/t20-,21-,24+,25+,26+,27-,28?,29+,30+;/m1./s1. The van der Waals surface area contributed by atoms with Gasteiger partial charge >= 0.3 is 0 Å². The highest BCUT2D eigenvalue weighted by molar-refractivity contribution is 8.01. The first-order chi connectivity index (χ1) is 18.5. The Kier molecular flexibility index (Phi) is 7.27. The maximum Gasteiger partial charge on any atom is 0.0950 e. The molecular formula is C32H44N2O3S. The van der Waals surface area contributed by atoms with Crippen LogP contribution in [0.2, 0.25) is 0 Å². The highest BCUT2D eigenvalue weighted by Gasteiger charge is 2.58. The van der Waals surface area contributed by atoms with Gasteiger partial charge in [0.1, 0.15) is 0 Å². The second kappa shape index (κ2) is 10.4. The summed E-state index contributed by atoms with van der Waals surface area (Å²) in [5.41, 5.74) is 3.01. The quantitative estimate of drug-likeness (QED) is 0.453. The molecule has 7 rings (SSSR count). The Morgan fingerprint density at radius 3 is 2.45 bits per heavy atom. The van der Waals surface area contributed by atoms with E-state index in [0.717, 1.165) is 25.3 Å². The van der Waals surface area contributed by atoms with Crippen LogP contribution in [0.15, 0.2) is 46.0 Å². The van der Waals surface area contributed by atoms with Crippen LogP contribution < -0.4 is 0 Å². The van der Waals surface area contributed by atoms with Crippen LogP contribution in [0.25, 0.3) is 0 Å². The fraction of sp³-hybridized carbons (Fsp3) is 0.688. The van der Waals surface area contributed by atoms with Gasteiger partial charge in [-0.25, -0.2) is 0 Å². The number of aliphatic hydroxyl groups excluding tert-OH is 1. The Bertz CT molecular complexity index is 1090. The normalized spacial score (nSPS) is 43.3. The molecule has 0 saturated carbocycles. The van der Waals surface area contributed by atoms with E-state index in [9.17, 15) is 5.11 Å². The summed E-state index contributed by atoms with van der Waals surface area (Å²) in [4.78, 5) is 5.58. The van der Waals surface area contributed by atoms with Gasteiger partial charge in [0.15, 0.2) is 0 Å². The molecule has 1 unspecified atom stereocenters. The van der Waals surface area contributed by atoms with Crippen LogP contribution in [0.5, 0.6) is 0 Å². The van der Waals surface area contributed by atoms with Crippen LogP contribution in [0.4, 0.5) is 0 Å². The van der Waals surface area contributed by atoms with Crippen molar-refractivity contribution < 1.29 is 13.9 Å².